The minimum atomic E-state index is -0.340. The summed E-state index contributed by atoms with van der Waals surface area (Å²) in [5.74, 6) is -0.680. The highest BCUT2D eigenvalue weighted by molar-refractivity contribution is 5.99. The lowest BCUT2D eigenvalue weighted by molar-refractivity contribution is -0.140. The van der Waals surface area contributed by atoms with Gasteiger partial charge in [0.05, 0.1) is 48.4 Å². The molecule has 0 aromatic heterocycles. The van der Waals surface area contributed by atoms with Crippen molar-refractivity contribution in [3.8, 4) is 0 Å². The lowest BCUT2D eigenvalue weighted by Gasteiger charge is -2.39. The predicted octanol–water partition coefficient (Wildman–Crippen LogP) is 4.01. The summed E-state index contributed by atoms with van der Waals surface area (Å²) >= 11 is 0. The fraction of sp³-hybridized carbons (Fsp3) is 0.500. The molecule has 2 aliphatic rings. The topological polar surface area (TPSA) is 71.1 Å². The molecule has 2 aromatic carbocycles. The second kappa shape index (κ2) is 8.36. The average Bonchev–Trinajstić information content (AvgIpc) is 2.71. The van der Waals surface area contributed by atoms with E-state index in [2.05, 4.69) is 13.8 Å². The number of fused-ring (bicyclic) bond motifs is 1. The monoisotopic (exact) mass is 412 g/mol. The Balaban J connectivity index is 1.40. The number of hydrogen-bond donors (Lipinski definition) is 0. The van der Waals surface area contributed by atoms with Gasteiger partial charge in [-0.2, -0.15) is 0 Å². The lowest BCUT2D eigenvalue weighted by atomic mass is 9.84. The van der Waals surface area contributed by atoms with Gasteiger partial charge in [0.25, 0.3) is 0 Å². The van der Waals surface area contributed by atoms with E-state index in [1.807, 2.05) is 12.1 Å². The molecule has 2 saturated heterocycles. The van der Waals surface area contributed by atoms with E-state index in [0.29, 0.717) is 50.8 Å². The third-order valence-corrected chi connectivity index (χ3v) is 6.46. The highest BCUT2D eigenvalue weighted by atomic mass is 16.6. The molecule has 2 heterocycles. The van der Waals surface area contributed by atoms with E-state index < -0.39 is 0 Å². The molecule has 0 N–H and O–H groups in total. The first-order chi connectivity index (χ1) is 14.5. The van der Waals surface area contributed by atoms with Crippen molar-refractivity contribution in [3.05, 3.63) is 47.5 Å². The quantitative estimate of drug-likeness (QED) is 0.610. The first-order valence-electron chi connectivity index (χ1n) is 10.5. The summed E-state index contributed by atoms with van der Waals surface area (Å²) in [6.45, 7) is 7.46. The molecule has 0 unspecified atom stereocenters. The van der Waals surface area contributed by atoms with Crippen LogP contribution in [0.1, 0.15) is 47.4 Å². The van der Waals surface area contributed by atoms with Crippen LogP contribution in [0.4, 0.5) is 0 Å². The molecule has 6 heteroatoms. The smallest absolute Gasteiger partial charge is 0.338 e. The van der Waals surface area contributed by atoms with Crippen LogP contribution in [-0.4, -0.2) is 51.6 Å². The first-order valence-corrected chi connectivity index (χ1v) is 10.5. The van der Waals surface area contributed by atoms with Crippen molar-refractivity contribution < 1.29 is 28.5 Å². The fourth-order valence-corrected chi connectivity index (χ4v) is 3.66. The van der Waals surface area contributed by atoms with Gasteiger partial charge in [-0.25, -0.2) is 9.59 Å². The molecule has 160 valence electrons. The Morgan fingerprint density at radius 2 is 1.17 bits per heavy atom. The lowest BCUT2D eigenvalue weighted by Crippen LogP contribution is -2.46. The summed E-state index contributed by atoms with van der Waals surface area (Å²) in [4.78, 5) is 24.9. The number of hydrogen-bond acceptors (Lipinski definition) is 6. The normalized spacial score (nSPS) is 18.9. The zero-order valence-electron chi connectivity index (χ0n) is 17.6. The van der Waals surface area contributed by atoms with Crippen LogP contribution in [-0.2, 0) is 18.9 Å². The Morgan fingerprint density at radius 1 is 0.767 bits per heavy atom. The number of benzene rings is 2. The molecule has 2 aromatic rings. The van der Waals surface area contributed by atoms with Crippen molar-refractivity contribution in [3.63, 3.8) is 0 Å². The first kappa shape index (κ1) is 20.8. The van der Waals surface area contributed by atoms with Crippen molar-refractivity contribution in [1.29, 1.82) is 0 Å². The van der Waals surface area contributed by atoms with Crippen LogP contribution in [0.2, 0.25) is 0 Å². The second-order valence-corrected chi connectivity index (χ2v) is 8.62. The number of ether oxygens (including phenoxy) is 4. The van der Waals surface area contributed by atoms with Crippen LogP contribution in [0.5, 0.6) is 0 Å². The van der Waals surface area contributed by atoms with E-state index in [1.165, 1.54) is 0 Å². The number of esters is 2. The SMILES string of the molecule is CCC1(COC(=O)c2ccc3cc(C(=O)OCC4(CC)COC4)ccc3c2)COC1. The maximum Gasteiger partial charge on any atom is 0.338 e. The molecule has 0 bridgehead atoms. The van der Waals surface area contributed by atoms with Crippen molar-refractivity contribution in [2.24, 2.45) is 10.8 Å². The Bertz CT molecular complexity index is 854. The van der Waals surface area contributed by atoms with Crippen LogP contribution >= 0.6 is 0 Å². The molecular weight excluding hydrogens is 384 g/mol. The van der Waals surface area contributed by atoms with Gasteiger partial charge in [-0.05, 0) is 47.9 Å². The third-order valence-electron chi connectivity index (χ3n) is 6.46. The molecule has 0 amide bonds. The van der Waals surface area contributed by atoms with Crippen LogP contribution in [0.15, 0.2) is 36.4 Å². The minimum Gasteiger partial charge on any atom is -0.461 e. The van der Waals surface area contributed by atoms with Crippen LogP contribution in [0.25, 0.3) is 10.8 Å². The Kier molecular flexibility index (Phi) is 5.80. The van der Waals surface area contributed by atoms with Gasteiger partial charge in [-0.3, -0.25) is 0 Å². The summed E-state index contributed by atoms with van der Waals surface area (Å²) in [7, 11) is 0. The zero-order chi connectivity index (χ0) is 21.2. The van der Waals surface area contributed by atoms with E-state index in [1.54, 1.807) is 24.3 Å². The van der Waals surface area contributed by atoms with E-state index >= 15 is 0 Å². The zero-order valence-corrected chi connectivity index (χ0v) is 17.6. The Hall–Kier alpha value is -2.44. The molecule has 0 saturated carbocycles. The van der Waals surface area contributed by atoms with Gasteiger partial charge >= 0.3 is 11.9 Å². The number of carbonyl (C=O) groups excluding carboxylic acids is 2. The van der Waals surface area contributed by atoms with Gasteiger partial charge in [-0.1, -0.05) is 26.0 Å². The number of carbonyl (C=O) groups is 2. The highest BCUT2D eigenvalue weighted by Gasteiger charge is 2.39. The molecule has 0 radical (unpaired) electrons. The summed E-state index contributed by atoms with van der Waals surface area (Å²) < 4.78 is 21.6. The molecule has 2 fully saturated rings. The molecular formula is C24H28O6. The summed E-state index contributed by atoms with van der Waals surface area (Å²) in [5.41, 5.74) is 0.923. The summed E-state index contributed by atoms with van der Waals surface area (Å²) in [6.07, 6.45) is 1.84. The molecule has 6 nitrogen and oxygen atoms in total. The molecule has 30 heavy (non-hydrogen) atoms. The predicted molar refractivity (Wildman–Crippen MR) is 112 cm³/mol. The van der Waals surface area contributed by atoms with E-state index in [-0.39, 0.29) is 22.8 Å². The van der Waals surface area contributed by atoms with Crippen molar-refractivity contribution in [1.82, 2.24) is 0 Å². The van der Waals surface area contributed by atoms with Crippen molar-refractivity contribution in [2.75, 3.05) is 39.6 Å². The molecule has 0 spiro atoms. The van der Waals surface area contributed by atoms with Gasteiger partial charge in [0.15, 0.2) is 0 Å². The standard InChI is InChI=1S/C24H28O6/c1-3-23(11-27-12-23)15-29-21(25)19-7-5-18-10-20(8-6-17(18)9-19)22(26)30-16-24(4-2)13-28-14-24/h5-10H,3-4,11-16H2,1-2H3. The van der Waals surface area contributed by atoms with Gasteiger partial charge in [0.1, 0.15) is 13.2 Å². The van der Waals surface area contributed by atoms with Gasteiger partial charge in [0.2, 0.25) is 0 Å². The maximum atomic E-state index is 12.5. The van der Waals surface area contributed by atoms with Gasteiger partial charge < -0.3 is 18.9 Å². The van der Waals surface area contributed by atoms with Crippen LogP contribution < -0.4 is 0 Å². The van der Waals surface area contributed by atoms with E-state index in [0.717, 1.165) is 23.6 Å². The second-order valence-electron chi connectivity index (χ2n) is 8.62. The van der Waals surface area contributed by atoms with Gasteiger partial charge in [0, 0.05) is 0 Å². The van der Waals surface area contributed by atoms with Crippen molar-refractivity contribution in [2.45, 2.75) is 26.7 Å². The maximum absolute atomic E-state index is 12.5. The molecule has 0 atom stereocenters. The largest absolute Gasteiger partial charge is 0.461 e. The molecule has 2 aliphatic heterocycles. The highest BCUT2D eigenvalue weighted by Crippen LogP contribution is 2.32. The van der Waals surface area contributed by atoms with Crippen LogP contribution in [0, 0.1) is 10.8 Å². The summed E-state index contributed by atoms with van der Waals surface area (Å²) in [5, 5.41) is 1.74. The summed E-state index contributed by atoms with van der Waals surface area (Å²) in [6, 6.07) is 10.7. The third kappa shape index (κ3) is 4.07. The minimum absolute atomic E-state index is 0.0380. The fourth-order valence-electron chi connectivity index (χ4n) is 3.66. The van der Waals surface area contributed by atoms with Crippen LogP contribution in [0.3, 0.4) is 0 Å². The van der Waals surface area contributed by atoms with E-state index in [9.17, 15) is 9.59 Å². The average molecular weight is 412 g/mol. The number of rotatable bonds is 8. The van der Waals surface area contributed by atoms with E-state index in [4.69, 9.17) is 18.9 Å². The molecule has 4 rings (SSSR count). The molecule has 0 aliphatic carbocycles. The van der Waals surface area contributed by atoms with Crippen molar-refractivity contribution >= 4 is 22.7 Å². The Labute approximate surface area is 176 Å². The Morgan fingerprint density at radius 3 is 1.47 bits per heavy atom. The van der Waals surface area contributed by atoms with Gasteiger partial charge in [-0.15, -0.1) is 0 Å².